The van der Waals surface area contributed by atoms with Gasteiger partial charge in [-0.3, -0.25) is 0 Å². The van der Waals surface area contributed by atoms with Gasteiger partial charge in [0.05, 0.1) is 11.0 Å². The van der Waals surface area contributed by atoms with Crippen LogP contribution >= 0.6 is 0 Å². The second-order valence-electron chi connectivity index (χ2n) is 7.70. The molecule has 0 saturated carbocycles. The predicted octanol–water partition coefficient (Wildman–Crippen LogP) is 7.57. The summed E-state index contributed by atoms with van der Waals surface area (Å²) in [5.41, 5.74) is 7.60. The van der Waals surface area contributed by atoms with E-state index < -0.39 is 0 Å². The summed E-state index contributed by atoms with van der Waals surface area (Å²) in [6.07, 6.45) is 0. The Bertz CT molecular complexity index is 1280. The van der Waals surface area contributed by atoms with Crippen LogP contribution in [0.4, 0.5) is 0 Å². The first-order valence-electron chi connectivity index (χ1n) is 9.91. The number of hydrogen-bond acceptors (Lipinski definition) is 0. The Hall–Kier alpha value is -3.32. The molecule has 0 amide bonds. The van der Waals surface area contributed by atoms with Crippen LogP contribution in [0.25, 0.3) is 38.6 Å². The van der Waals surface area contributed by atoms with Gasteiger partial charge in [0, 0.05) is 16.5 Å². The number of benzene rings is 4. The van der Waals surface area contributed by atoms with E-state index in [1.54, 1.807) is 0 Å². The van der Waals surface area contributed by atoms with E-state index in [0.29, 0.717) is 5.92 Å². The molecule has 0 spiro atoms. The van der Waals surface area contributed by atoms with Crippen LogP contribution in [0.5, 0.6) is 0 Å². The highest BCUT2D eigenvalue weighted by atomic mass is 15.0. The number of fused-ring (bicyclic) bond motifs is 3. The maximum Gasteiger partial charge on any atom is 0.0547 e. The Morgan fingerprint density at radius 3 is 2.11 bits per heavy atom. The SMILES string of the molecule is CC(C)c1cccc(-c2ccc3c4ccccc4n(-c4ccccc4)c3c2)c1. The lowest BCUT2D eigenvalue weighted by molar-refractivity contribution is 0.867. The molecule has 0 aliphatic rings. The van der Waals surface area contributed by atoms with E-state index >= 15 is 0 Å². The van der Waals surface area contributed by atoms with Crippen molar-refractivity contribution in [3.8, 4) is 16.8 Å². The molecule has 136 valence electrons. The fourth-order valence-corrected chi connectivity index (χ4v) is 4.08. The lowest BCUT2D eigenvalue weighted by Crippen LogP contribution is -1.93. The van der Waals surface area contributed by atoms with Crippen molar-refractivity contribution in [1.29, 1.82) is 0 Å². The topological polar surface area (TPSA) is 4.93 Å². The standard InChI is InChI=1S/C27H23N/c1-19(2)20-9-8-10-21(17-20)22-15-16-25-24-13-6-7-14-26(24)28(27(25)18-22)23-11-4-3-5-12-23/h3-19H,1-2H3. The van der Waals surface area contributed by atoms with E-state index in [2.05, 4.69) is 115 Å². The highest BCUT2D eigenvalue weighted by Gasteiger charge is 2.13. The molecule has 0 atom stereocenters. The van der Waals surface area contributed by atoms with Crippen LogP contribution in [0, 0.1) is 0 Å². The number of rotatable bonds is 3. The molecule has 1 heteroatoms. The van der Waals surface area contributed by atoms with Crippen LogP contribution in [0.2, 0.25) is 0 Å². The number of nitrogens with zero attached hydrogens (tertiary/aromatic N) is 1. The first-order valence-corrected chi connectivity index (χ1v) is 9.91. The zero-order chi connectivity index (χ0) is 19.1. The molecule has 0 unspecified atom stereocenters. The molecular weight excluding hydrogens is 338 g/mol. The minimum absolute atomic E-state index is 0.527. The number of aromatic nitrogens is 1. The summed E-state index contributed by atoms with van der Waals surface area (Å²) < 4.78 is 2.38. The lowest BCUT2D eigenvalue weighted by atomic mass is 9.97. The van der Waals surface area contributed by atoms with Crippen molar-refractivity contribution in [2.24, 2.45) is 0 Å². The fourth-order valence-electron chi connectivity index (χ4n) is 4.08. The van der Waals surface area contributed by atoms with E-state index in [4.69, 9.17) is 0 Å². The van der Waals surface area contributed by atoms with Crippen LogP contribution in [-0.4, -0.2) is 4.57 Å². The summed E-state index contributed by atoms with van der Waals surface area (Å²) in [5.74, 6) is 0.527. The van der Waals surface area contributed by atoms with Crippen molar-refractivity contribution < 1.29 is 0 Å². The van der Waals surface area contributed by atoms with Gasteiger partial charge < -0.3 is 4.57 Å². The number of hydrogen-bond donors (Lipinski definition) is 0. The van der Waals surface area contributed by atoms with Crippen molar-refractivity contribution in [2.75, 3.05) is 0 Å². The third-order valence-electron chi connectivity index (χ3n) is 5.57. The Labute approximate surface area is 165 Å². The van der Waals surface area contributed by atoms with Gasteiger partial charge in [0.1, 0.15) is 0 Å². The zero-order valence-electron chi connectivity index (χ0n) is 16.3. The monoisotopic (exact) mass is 361 g/mol. The number of para-hydroxylation sites is 2. The zero-order valence-corrected chi connectivity index (χ0v) is 16.3. The molecular formula is C27H23N. The van der Waals surface area contributed by atoms with Gasteiger partial charge in [-0.05, 0) is 46.9 Å². The van der Waals surface area contributed by atoms with E-state index in [0.717, 1.165) is 0 Å². The summed E-state index contributed by atoms with van der Waals surface area (Å²) in [6, 6.07) is 35.1. The summed E-state index contributed by atoms with van der Waals surface area (Å²) in [4.78, 5) is 0. The molecule has 0 fully saturated rings. The highest BCUT2D eigenvalue weighted by molar-refractivity contribution is 6.10. The Morgan fingerprint density at radius 1 is 0.571 bits per heavy atom. The van der Waals surface area contributed by atoms with Gasteiger partial charge in [-0.25, -0.2) is 0 Å². The first kappa shape index (κ1) is 16.8. The molecule has 0 radical (unpaired) electrons. The quantitative estimate of drug-likeness (QED) is 0.312. The lowest BCUT2D eigenvalue weighted by Gasteiger charge is -2.10. The van der Waals surface area contributed by atoms with Gasteiger partial charge in [0.25, 0.3) is 0 Å². The summed E-state index contributed by atoms with van der Waals surface area (Å²) in [7, 11) is 0. The van der Waals surface area contributed by atoms with Gasteiger partial charge in [-0.1, -0.05) is 86.6 Å². The Morgan fingerprint density at radius 2 is 1.29 bits per heavy atom. The second-order valence-corrected chi connectivity index (χ2v) is 7.70. The molecule has 28 heavy (non-hydrogen) atoms. The van der Waals surface area contributed by atoms with Crippen LogP contribution in [0.1, 0.15) is 25.3 Å². The van der Waals surface area contributed by atoms with Gasteiger partial charge >= 0.3 is 0 Å². The van der Waals surface area contributed by atoms with E-state index in [1.807, 2.05) is 0 Å². The van der Waals surface area contributed by atoms with Crippen molar-refractivity contribution >= 4 is 21.8 Å². The molecule has 0 bridgehead atoms. The van der Waals surface area contributed by atoms with Crippen LogP contribution in [0.3, 0.4) is 0 Å². The average molecular weight is 361 g/mol. The van der Waals surface area contributed by atoms with Gasteiger partial charge in [0.2, 0.25) is 0 Å². The molecule has 1 heterocycles. The Balaban J connectivity index is 1.80. The van der Waals surface area contributed by atoms with Gasteiger partial charge in [0.15, 0.2) is 0 Å². The normalized spacial score (nSPS) is 11.5. The third kappa shape index (κ3) is 2.71. The smallest absolute Gasteiger partial charge is 0.0547 e. The second kappa shape index (κ2) is 6.69. The Kier molecular flexibility index (Phi) is 4.02. The van der Waals surface area contributed by atoms with Crippen molar-refractivity contribution in [2.45, 2.75) is 19.8 Å². The van der Waals surface area contributed by atoms with Gasteiger partial charge in [-0.2, -0.15) is 0 Å². The summed E-state index contributed by atoms with van der Waals surface area (Å²) in [6.45, 7) is 4.49. The molecule has 1 nitrogen and oxygen atoms in total. The summed E-state index contributed by atoms with van der Waals surface area (Å²) >= 11 is 0. The molecule has 5 aromatic rings. The van der Waals surface area contributed by atoms with Crippen molar-refractivity contribution in [3.63, 3.8) is 0 Å². The van der Waals surface area contributed by atoms with Crippen molar-refractivity contribution in [1.82, 2.24) is 4.57 Å². The van der Waals surface area contributed by atoms with Crippen molar-refractivity contribution in [3.05, 3.63) is 103 Å². The predicted molar refractivity (Wildman–Crippen MR) is 120 cm³/mol. The van der Waals surface area contributed by atoms with Crippen LogP contribution in [0.15, 0.2) is 97.1 Å². The summed E-state index contributed by atoms with van der Waals surface area (Å²) in [5, 5.41) is 2.59. The largest absolute Gasteiger partial charge is 0.309 e. The van der Waals surface area contributed by atoms with E-state index in [-0.39, 0.29) is 0 Å². The molecule has 4 aromatic carbocycles. The fraction of sp³-hybridized carbons (Fsp3) is 0.111. The molecule has 0 saturated heterocycles. The van der Waals surface area contributed by atoms with E-state index in [1.165, 1.54) is 44.2 Å². The maximum atomic E-state index is 2.38. The maximum absolute atomic E-state index is 2.38. The average Bonchev–Trinajstić information content (AvgIpc) is 3.08. The third-order valence-corrected chi connectivity index (χ3v) is 5.57. The first-order chi connectivity index (χ1) is 13.7. The van der Waals surface area contributed by atoms with E-state index in [9.17, 15) is 0 Å². The molecule has 0 aliphatic heterocycles. The highest BCUT2D eigenvalue weighted by Crippen LogP contribution is 2.35. The molecule has 0 aliphatic carbocycles. The minimum Gasteiger partial charge on any atom is -0.309 e. The minimum atomic E-state index is 0.527. The molecule has 0 N–H and O–H groups in total. The van der Waals surface area contributed by atoms with Gasteiger partial charge in [-0.15, -0.1) is 0 Å². The van der Waals surface area contributed by atoms with Crippen LogP contribution in [-0.2, 0) is 0 Å². The molecule has 5 rings (SSSR count). The molecule has 1 aromatic heterocycles. The van der Waals surface area contributed by atoms with Crippen LogP contribution < -0.4 is 0 Å².